The van der Waals surface area contributed by atoms with Gasteiger partial charge in [-0.2, -0.15) is 0 Å². The van der Waals surface area contributed by atoms with Crippen LogP contribution in [0.2, 0.25) is 0 Å². The number of likely N-dealkylation sites (tertiary alicyclic amines) is 1. The lowest BCUT2D eigenvalue weighted by molar-refractivity contribution is 0.0172. The second-order valence-electron chi connectivity index (χ2n) is 11.6. The van der Waals surface area contributed by atoms with Crippen LogP contribution >= 0.6 is 0 Å². The van der Waals surface area contributed by atoms with E-state index < -0.39 is 11.5 Å². The summed E-state index contributed by atoms with van der Waals surface area (Å²) >= 11 is 0. The van der Waals surface area contributed by atoms with Crippen LogP contribution in [-0.2, 0) is 10.2 Å². The molecule has 0 saturated carbocycles. The van der Waals surface area contributed by atoms with E-state index >= 15 is 0 Å². The Hall–Kier alpha value is -3.36. The van der Waals surface area contributed by atoms with Gasteiger partial charge >= 0.3 is 6.09 Å². The third-order valence-electron chi connectivity index (χ3n) is 7.45. The molecule has 2 aliphatic rings. The molecule has 0 bridgehead atoms. The van der Waals surface area contributed by atoms with E-state index in [0.29, 0.717) is 24.9 Å². The van der Waals surface area contributed by atoms with Gasteiger partial charge in [0.25, 0.3) is 5.91 Å². The first-order valence-corrected chi connectivity index (χ1v) is 13.2. The van der Waals surface area contributed by atoms with Crippen LogP contribution in [0.1, 0.15) is 82.8 Å². The summed E-state index contributed by atoms with van der Waals surface area (Å²) in [6.07, 6.45) is 6.53. The number of nitrogens with zero attached hydrogens (tertiary/aromatic N) is 4. The van der Waals surface area contributed by atoms with E-state index in [0.717, 1.165) is 43.7 Å². The lowest BCUT2D eigenvalue weighted by atomic mass is 9.74. The molecule has 200 valence electrons. The van der Waals surface area contributed by atoms with Gasteiger partial charge in [-0.15, -0.1) is 0 Å². The molecule has 1 aromatic heterocycles. The Labute approximate surface area is 219 Å². The van der Waals surface area contributed by atoms with E-state index in [1.54, 1.807) is 11.1 Å². The zero-order chi connectivity index (χ0) is 26.8. The smallest absolute Gasteiger partial charge is 0.410 e. The molecule has 1 atom stereocenters. The number of nitrogens with one attached hydrogen (secondary N) is 1. The van der Waals surface area contributed by atoms with Gasteiger partial charge in [0.15, 0.2) is 11.5 Å². The van der Waals surface area contributed by atoms with Crippen molar-refractivity contribution in [1.82, 2.24) is 14.9 Å². The highest BCUT2D eigenvalue weighted by Crippen LogP contribution is 2.36. The Balaban J connectivity index is 1.46. The summed E-state index contributed by atoms with van der Waals surface area (Å²) in [5.74, 6) is 0.502. The molecular weight excluding hydrogens is 468 g/mol. The van der Waals surface area contributed by atoms with Gasteiger partial charge in [-0.05, 0) is 82.9 Å². The number of rotatable bonds is 5. The highest BCUT2D eigenvalue weighted by Gasteiger charge is 2.35. The molecule has 2 saturated heterocycles. The fraction of sp³-hybridized carbons (Fsp3) is 0.571. The number of piperidine rings is 2. The molecule has 9 heteroatoms. The minimum absolute atomic E-state index is 0.0421. The first kappa shape index (κ1) is 26.7. The van der Waals surface area contributed by atoms with Crippen LogP contribution in [0.25, 0.3) is 0 Å². The van der Waals surface area contributed by atoms with Gasteiger partial charge in [-0.3, -0.25) is 4.79 Å². The molecule has 2 aliphatic heterocycles. The number of carbonyl (C=O) groups excluding carboxylic acids is 2. The Kier molecular flexibility index (Phi) is 7.62. The zero-order valence-electron chi connectivity index (χ0n) is 22.7. The second kappa shape index (κ2) is 10.6. The average molecular weight is 509 g/mol. The molecule has 2 aromatic rings. The van der Waals surface area contributed by atoms with E-state index in [9.17, 15) is 9.59 Å². The van der Waals surface area contributed by atoms with Crippen molar-refractivity contribution in [2.24, 2.45) is 5.73 Å². The van der Waals surface area contributed by atoms with Crippen molar-refractivity contribution in [3.8, 4) is 0 Å². The van der Waals surface area contributed by atoms with Gasteiger partial charge in [0.2, 0.25) is 0 Å². The lowest BCUT2D eigenvalue weighted by Crippen LogP contribution is -2.45. The van der Waals surface area contributed by atoms with Gasteiger partial charge in [-0.1, -0.05) is 19.1 Å². The van der Waals surface area contributed by atoms with Gasteiger partial charge in [-0.25, -0.2) is 14.8 Å². The van der Waals surface area contributed by atoms with Crippen molar-refractivity contribution in [2.45, 2.75) is 83.8 Å². The molecule has 2 fully saturated rings. The average Bonchev–Trinajstić information content (AvgIpc) is 2.84. The Morgan fingerprint density at radius 2 is 1.78 bits per heavy atom. The molecule has 0 unspecified atom stereocenters. The highest BCUT2D eigenvalue weighted by atomic mass is 16.6. The zero-order valence-corrected chi connectivity index (χ0v) is 22.7. The van der Waals surface area contributed by atoms with E-state index in [2.05, 4.69) is 41.2 Å². The highest BCUT2D eigenvalue weighted by molar-refractivity contribution is 5.96. The molecule has 0 radical (unpaired) electrons. The molecule has 3 N–H and O–H groups in total. The van der Waals surface area contributed by atoms with Crippen molar-refractivity contribution >= 4 is 29.3 Å². The maximum Gasteiger partial charge on any atom is 0.410 e. The van der Waals surface area contributed by atoms with Crippen molar-refractivity contribution in [3.63, 3.8) is 0 Å². The summed E-state index contributed by atoms with van der Waals surface area (Å²) in [6.45, 7) is 12.3. The predicted molar refractivity (Wildman–Crippen MR) is 145 cm³/mol. The maximum absolute atomic E-state index is 12.4. The SMILES string of the molecule is C[C@@H]1CCCCN1c1cnc(C(N)=O)c(Nc2ccc(C3(C)CCN(C(=O)OC(C)(C)C)CC3)cc2)n1. The lowest BCUT2D eigenvalue weighted by Gasteiger charge is -2.40. The minimum atomic E-state index is -0.617. The molecule has 0 spiro atoms. The van der Waals surface area contributed by atoms with Crippen LogP contribution < -0.4 is 16.0 Å². The molecule has 3 heterocycles. The van der Waals surface area contributed by atoms with Crippen LogP contribution in [-0.4, -0.2) is 58.1 Å². The number of anilines is 3. The van der Waals surface area contributed by atoms with Gasteiger partial charge in [0.05, 0.1) is 6.20 Å². The Bertz CT molecular complexity index is 1120. The molecule has 9 nitrogen and oxygen atoms in total. The molecular formula is C28H40N6O3. The summed E-state index contributed by atoms with van der Waals surface area (Å²) < 4.78 is 5.53. The third kappa shape index (κ3) is 6.32. The first-order chi connectivity index (χ1) is 17.4. The number of aromatic nitrogens is 2. The number of amides is 2. The fourth-order valence-electron chi connectivity index (χ4n) is 5.11. The number of hydrogen-bond donors (Lipinski definition) is 2. The van der Waals surface area contributed by atoms with Crippen molar-refractivity contribution in [1.29, 1.82) is 0 Å². The van der Waals surface area contributed by atoms with E-state index in [4.69, 9.17) is 15.5 Å². The summed E-state index contributed by atoms with van der Waals surface area (Å²) in [5, 5.41) is 3.26. The van der Waals surface area contributed by atoms with Crippen molar-refractivity contribution < 1.29 is 14.3 Å². The number of primary amides is 1. The van der Waals surface area contributed by atoms with E-state index in [1.165, 1.54) is 12.0 Å². The maximum atomic E-state index is 12.4. The summed E-state index contributed by atoms with van der Waals surface area (Å²) in [7, 11) is 0. The second-order valence-corrected chi connectivity index (χ2v) is 11.6. The quantitative estimate of drug-likeness (QED) is 0.585. The summed E-state index contributed by atoms with van der Waals surface area (Å²) in [4.78, 5) is 37.6. The largest absolute Gasteiger partial charge is 0.444 e. The molecule has 4 rings (SSSR count). The molecule has 0 aliphatic carbocycles. The molecule has 1 aromatic carbocycles. The number of hydrogen-bond acceptors (Lipinski definition) is 7. The normalized spacial score (nSPS) is 19.9. The number of ether oxygens (including phenoxy) is 1. The van der Waals surface area contributed by atoms with Crippen molar-refractivity contribution in [2.75, 3.05) is 29.9 Å². The van der Waals surface area contributed by atoms with Gasteiger partial charge in [0.1, 0.15) is 11.4 Å². The third-order valence-corrected chi connectivity index (χ3v) is 7.45. The van der Waals surface area contributed by atoms with Crippen LogP contribution in [0.4, 0.5) is 22.1 Å². The van der Waals surface area contributed by atoms with Gasteiger partial charge in [0, 0.05) is 31.4 Å². The van der Waals surface area contributed by atoms with Crippen LogP contribution in [0.5, 0.6) is 0 Å². The van der Waals surface area contributed by atoms with E-state index in [-0.39, 0.29) is 17.2 Å². The number of nitrogens with two attached hydrogens (primary N) is 1. The molecule has 37 heavy (non-hydrogen) atoms. The number of benzene rings is 1. The summed E-state index contributed by atoms with van der Waals surface area (Å²) in [5.41, 5.74) is 7.20. The summed E-state index contributed by atoms with van der Waals surface area (Å²) in [6, 6.07) is 8.54. The van der Waals surface area contributed by atoms with Gasteiger partial charge < -0.3 is 25.6 Å². The number of carbonyl (C=O) groups is 2. The Morgan fingerprint density at radius 3 is 2.38 bits per heavy atom. The fourth-order valence-corrected chi connectivity index (χ4v) is 5.11. The predicted octanol–water partition coefficient (Wildman–Crippen LogP) is 4.99. The topological polar surface area (TPSA) is 114 Å². The van der Waals surface area contributed by atoms with Crippen LogP contribution in [0.15, 0.2) is 30.5 Å². The Morgan fingerprint density at radius 1 is 1.11 bits per heavy atom. The van der Waals surface area contributed by atoms with E-state index in [1.807, 2.05) is 32.9 Å². The van der Waals surface area contributed by atoms with Crippen LogP contribution in [0, 0.1) is 0 Å². The minimum Gasteiger partial charge on any atom is -0.444 e. The van der Waals surface area contributed by atoms with Crippen LogP contribution in [0.3, 0.4) is 0 Å². The standard InChI is InChI=1S/C28H40N6O3/c1-19-8-6-7-15-34(19)22-18-30-23(24(29)35)25(32-22)31-21-11-9-20(10-12-21)28(5)13-16-33(17-14-28)26(36)37-27(2,3)4/h9-12,18-19H,6-8,13-17H2,1-5H3,(H2,29,35)(H,31,32)/t19-/m1/s1. The molecule has 2 amide bonds. The first-order valence-electron chi connectivity index (χ1n) is 13.2. The van der Waals surface area contributed by atoms with Crippen molar-refractivity contribution in [3.05, 3.63) is 41.7 Å². The monoisotopic (exact) mass is 508 g/mol.